The highest BCUT2D eigenvalue weighted by molar-refractivity contribution is 7.99. The molecule has 1 aliphatic rings. The molecule has 0 spiro atoms. The Morgan fingerprint density at radius 3 is 2.82 bits per heavy atom. The van der Waals surface area contributed by atoms with E-state index < -0.39 is 0 Å². The largest absolute Gasteiger partial charge is 0.378 e. The number of aromatic amines is 1. The first-order valence-electron chi connectivity index (χ1n) is 9.27. The lowest BCUT2D eigenvalue weighted by molar-refractivity contribution is -0.135. The number of ether oxygens (including phenoxy) is 1. The van der Waals surface area contributed by atoms with E-state index in [1.807, 2.05) is 40.6 Å². The molecule has 1 aliphatic heterocycles. The number of hydrogen-bond acceptors (Lipinski definition) is 6. The zero-order valence-electron chi connectivity index (χ0n) is 15.3. The topological polar surface area (TPSA) is 75.3 Å². The molecule has 4 rings (SSSR count). The number of thioether (sulfide) groups is 1. The van der Waals surface area contributed by atoms with Gasteiger partial charge in [0.2, 0.25) is 5.91 Å². The highest BCUT2D eigenvalue weighted by Gasteiger charge is 2.16. The minimum atomic E-state index is -0.114. The van der Waals surface area contributed by atoms with E-state index in [9.17, 15) is 9.59 Å². The summed E-state index contributed by atoms with van der Waals surface area (Å²) in [6.45, 7) is 2.61. The van der Waals surface area contributed by atoms with Crippen molar-refractivity contribution in [2.75, 3.05) is 32.1 Å². The summed E-state index contributed by atoms with van der Waals surface area (Å²) in [5.41, 5.74) is 1.82. The number of nitrogens with one attached hydrogen (secondary N) is 1. The lowest BCUT2D eigenvalue weighted by Gasteiger charge is -2.26. The lowest BCUT2D eigenvalue weighted by Crippen LogP contribution is -2.40. The van der Waals surface area contributed by atoms with Crippen LogP contribution in [0.4, 0.5) is 0 Å². The molecule has 0 unspecified atom stereocenters. The van der Waals surface area contributed by atoms with Gasteiger partial charge in [-0.15, -0.1) is 11.3 Å². The van der Waals surface area contributed by atoms with E-state index >= 15 is 0 Å². The molecule has 8 heteroatoms. The third kappa shape index (κ3) is 4.29. The number of nitrogens with zero attached hydrogens (tertiary/aromatic N) is 2. The van der Waals surface area contributed by atoms with Gasteiger partial charge >= 0.3 is 0 Å². The smallest absolute Gasteiger partial charge is 0.260 e. The Morgan fingerprint density at radius 2 is 2.04 bits per heavy atom. The van der Waals surface area contributed by atoms with E-state index in [0.29, 0.717) is 43.3 Å². The van der Waals surface area contributed by atoms with Gasteiger partial charge in [0.1, 0.15) is 4.83 Å². The summed E-state index contributed by atoms with van der Waals surface area (Å²) in [5, 5.41) is 3.23. The normalized spacial score (nSPS) is 14.5. The van der Waals surface area contributed by atoms with Crippen LogP contribution >= 0.6 is 23.1 Å². The first kappa shape index (κ1) is 19.2. The molecule has 3 aromatic rings. The summed E-state index contributed by atoms with van der Waals surface area (Å²) in [7, 11) is 0. The Labute approximate surface area is 170 Å². The highest BCUT2D eigenvalue weighted by atomic mass is 32.2. The maximum Gasteiger partial charge on any atom is 0.260 e. The van der Waals surface area contributed by atoms with E-state index in [2.05, 4.69) is 9.97 Å². The molecule has 0 atom stereocenters. The van der Waals surface area contributed by atoms with Crippen molar-refractivity contribution >= 4 is 39.2 Å². The molecule has 1 amide bonds. The summed E-state index contributed by atoms with van der Waals surface area (Å²) in [5.74, 6) is 0.910. The van der Waals surface area contributed by atoms with Gasteiger partial charge in [-0.25, -0.2) is 4.98 Å². The average molecular weight is 416 g/mol. The average Bonchev–Trinajstić information content (AvgIpc) is 3.17. The standard InChI is InChI=1S/C20H21N3O3S2/c24-16(23-8-10-26-11-9-23)7-4-12-27-20-21-18(25)17-15(13-28-19(17)22-20)14-5-2-1-3-6-14/h1-3,5-6,13H,4,7-12H2,(H,21,22,25). The van der Waals surface area contributed by atoms with Gasteiger partial charge in [-0.2, -0.15) is 0 Å². The first-order valence-corrected chi connectivity index (χ1v) is 11.1. The van der Waals surface area contributed by atoms with Crippen LogP contribution in [0.3, 0.4) is 0 Å². The van der Waals surface area contributed by atoms with Gasteiger partial charge in [0.25, 0.3) is 5.56 Å². The van der Waals surface area contributed by atoms with Crippen LogP contribution in [0.25, 0.3) is 21.3 Å². The number of H-pyrrole nitrogens is 1. The molecule has 6 nitrogen and oxygen atoms in total. The molecule has 0 saturated carbocycles. The van der Waals surface area contributed by atoms with E-state index in [1.165, 1.54) is 23.1 Å². The molecule has 3 heterocycles. The SMILES string of the molecule is O=C(CCCSc1nc2scc(-c3ccccc3)c2c(=O)[nH]1)N1CCOCC1. The molecule has 1 N–H and O–H groups in total. The number of benzene rings is 1. The second-order valence-corrected chi connectivity index (χ2v) is 8.45. The fourth-order valence-corrected chi connectivity index (χ4v) is 5.00. The van der Waals surface area contributed by atoms with Crippen molar-refractivity contribution in [3.63, 3.8) is 0 Å². The van der Waals surface area contributed by atoms with Crippen molar-refractivity contribution in [2.24, 2.45) is 0 Å². The van der Waals surface area contributed by atoms with Crippen LogP contribution in [0.15, 0.2) is 45.7 Å². The van der Waals surface area contributed by atoms with Gasteiger partial charge < -0.3 is 14.6 Å². The molecule has 28 heavy (non-hydrogen) atoms. The van der Waals surface area contributed by atoms with Crippen LogP contribution in [0, 0.1) is 0 Å². The van der Waals surface area contributed by atoms with Crippen LogP contribution in [-0.4, -0.2) is 52.8 Å². The fraction of sp³-hybridized carbons (Fsp3) is 0.350. The maximum atomic E-state index is 12.6. The number of morpholine rings is 1. The van der Waals surface area contributed by atoms with Crippen molar-refractivity contribution in [1.82, 2.24) is 14.9 Å². The fourth-order valence-electron chi connectivity index (χ4n) is 3.19. The van der Waals surface area contributed by atoms with Crippen molar-refractivity contribution in [2.45, 2.75) is 18.0 Å². The Bertz CT molecular complexity index is 1010. The second-order valence-electron chi connectivity index (χ2n) is 6.51. The molecular weight excluding hydrogens is 394 g/mol. The summed E-state index contributed by atoms with van der Waals surface area (Å²) < 4.78 is 5.27. The van der Waals surface area contributed by atoms with Gasteiger partial charge in [-0.3, -0.25) is 9.59 Å². The van der Waals surface area contributed by atoms with Crippen molar-refractivity contribution < 1.29 is 9.53 Å². The van der Waals surface area contributed by atoms with Crippen LogP contribution in [0.5, 0.6) is 0 Å². The molecule has 146 valence electrons. The zero-order chi connectivity index (χ0) is 19.3. The maximum absolute atomic E-state index is 12.6. The Balaban J connectivity index is 1.39. The van der Waals surface area contributed by atoms with Crippen LogP contribution in [0.2, 0.25) is 0 Å². The van der Waals surface area contributed by atoms with E-state index in [0.717, 1.165) is 28.1 Å². The predicted octanol–water partition coefficient (Wildman–Crippen LogP) is 3.38. The minimum absolute atomic E-state index is 0.114. The molecule has 1 fully saturated rings. The van der Waals surface area contributed by atoms with Crippen molar-refractivity contribution in [3.8, 4) is 11.1 Å². The minimum Gasteiger partial charge on any atom is -0.378 e. The number of rotatable bonds is 6. The Morgan fingerprint density at radius 1 is 1.25 bits per heavy atom. The molecule has 1 saturated heterocycles. The van der Waals surface area contributed by atoms with E-state index in [4.69, 9.17) is 4.74 Å². The quantitative estimate of drug-likeness (QED) is 0.379. The Kier molecular flexibility index (Phi) is 6.09. The summed E-state index contributed by atoms with van der Waals surface area (Å²) >= 11 is 2.97. The molecule has 0 aliphatic carbocycles. The third-order valence-corrected chi connectivity index (χ3v) is 6.48. The van der Waals surface area contributed by atoms with E-state index in [-0.39, 0.29) is 11.5 Å². The van der Waals surface area contributed by atoms with Crippen LogP contribution in [-0.2, 0) is 9.53 Å². The third-order valence-electron chi connectivity index (χ3n) is 4.64. The second kappa shape index (κ2) is 8.89. The van der Waals surface area contributed by atoms with E-state index in [1.54, 1.807) is 0 Å². The predicted molar refractivity (Wildman–Crippen MR) is 113 cm³/mol. The number of hydrogen-bond donors (Lipinski definition) is 1. The summed E-state index contributed by atoms with van der Waals surface area (Å²) in [4.78, 5) is 34.9. The molecule has 0 radical (unpaired) electrons. The van der Waals surface area contributed by atoms with Gasteiger partial charge in [0.05, 0.1) is 18.6 Å². The van der Waals surface area contributed by atoms with Crippen LogP contribution < -0.4 is 5.56 Å². The van der Waals surface area contributed by atoms with Crippen molar-refractivity contribution in [3.05, 3.63) is 46.1 Å². The van der Waals surface area contributed by atoms with Crippen LogP contribution in [0.1, 0.15) is 12.8 Å². The molecule has 2 aromatic heterocycles. The van der Waals surface area contributed by atoms with Gasteiger partial charge in [0.15, 0.2) is 5.16 Å². The summed E-state index contributed by atoms with van der Waals surface area (Å²) in [6, 6.07) is 9.87. The molecular formula is C20H21N3O3S2. The van der Waals surface area contributed by atoms with Crippen molar-refractivity contribution in [1.29, 1.82) is 0 Å². The zero-order valence-corrected chi connectivity index (χ0v) is 17.0. The lowest BCUT2D eigenvalue weighted by atomic mass is 10.1. The highest BCUT2D eigenvalue weighted by Crippen LogP contribution is 2.31. The first-order chi connectivity index (χ1) is 13.7. The molecule has 1 aromatic carbocycles. The Hall–Kier alpha value is -2.16. The van der Waals surface area contributed by atoms with Gasteiger partial charge in [-0.05, 0) is 12.0 Å². The number of aromatic nitrogens is 2. The number of thiophene rings is 1. The number of carbonyl (C=O) groups excluding carboxylic acids is 1. The van der Waals surface area contributed by atoms with Gasteiger partial charge in [0, 0.05) is 36.2 Å². The summed E-state index contributed by atoms with van der Waals surface area (Å²) in [6.07, 6.45) is 1.26. The molecule has 0 bridgehead atoms. The monoisotopic (exact) mass is 415 g/mol. The number of carbonyl (C=O) groups is 1. The number of amides is 1. The number of fused-ring (bicyclic) bond motifs is 1. The van der Waals surface area contributed by atoms with Gasteiger partial charge in [-0.1, -0.05) is 42.1 Å².